The van der Waals surface area contributed by atoms with E-state index in [0.717, 1.165) is 28.3 Å². The van der Waals surface area contributed by atoms with Crippen LogP contribution in [0.4, 0.5) is 0 Å². The number of carbonyl (C=O) groups excluding carboxylic acids is 7. The maximum Gasteiger partial charge on any atom is 0.246 e. The molecule has 1 saturated heterocycles. The summed E-state index contributed by atoms with van der Waals surface area (Å²) >= 11 is 0. The standard InChI is InChI=1S/C49H54N6O7/c1-33(56)36-18-20-38(21-19-36)37-16-14-34(15-17-37)28-42-46(60)51-31-40-13-8-7-12-39(40)29-44(58)52-41(47(61)54(2)3)24-26-50-43(57)22-23-45(59)55-27-9-25-49(32-55,48(62)53-42)30-35-10-5-4-6-11-35/h4-8,10-23,41-42H,9,24-32H2,1-3H3,(H,50,57)(H,51,60)(H,52,58)(H,53,62)/b23-22+/t41-,42-,49-/m0/s1. The minimum absolute atomic E-state index is 0.0199. The first-order valence-corrected chi connectivity index (χ1v) is 21.0. The second-order valence-corrected chi connectivity index (χ2v) is 16.3. The molecule has 6 amide bonds. The van der Waals surface area contributed by atoms with E-state index in [4.69, 9.17) is 0 Å². The zero-order chi connectivity index (χ0) is 44.2. The maximum absolute atomic E-state index is 14.9. The van der Waals surface area contributed by atoms with Gasteiger partial charge in [-0.05, 0) is 66.0 Å². The topological polar surface area (TPSA) is 174 Å². The monoisotopic (exact) mass is 838 g/mol. The van der Waals surface area contributed by atoms with Crippen LogP contribution in [-0.2, 0) is 54.6 Å². The van der Waals surface area contributed by atoms with E-state index in [9.17, 15) is 33.6 Å². The first kappa shape index (κ1) is 44.7. The van der Waals surface area contributed by atoms with Crippen LogP contribution in [0.15, 0.2) is 115 Å². The zero-order valence-electron chi connectivity index (χ0n) is 35.4. The highest BCUT2D eigenvalue weighted by Gasteiger charge is 2.44. The summed E-state index contributed by atoms with van der Waals surface area (Å²) in [6.07, 6.45) is 3.76. The number of piperidine rings is 1. The largest absolute Gasteiger partial charge is 0.352 e. The van der Waals surface area contributed by atoms with Crippen LogP contribution in [0.3, 0.4) is 0 Å². The fourth-order valence-electron chi connectivity index (χ4n) is 8.05. The molecule has 13 heteroatoms. The molecule has 1 fully saturated rings. The lowest BCUT2D eigenvalue weighted by Crippen LogP contribution is -2.58. The van der Waals surface area contributed by atoms with Crippen molar-refractivity contribution in [2.24, 2.45) is 5.41 Å². The number of rotatable bonds is 7. The van der Waals surface area contributed by atoms with Crippen LogP contribution >= 0.6 is 0 Å². The Kier molecular flexibility index (Phi) is 14.8. The Morgan fingerprint density at radius 3 is 2.10 bits per heavy atom. The van der Waals surface area contributed by atoms with Gasteiger partial charge in [0.2, 0.25) is 35.4 Å². The average Bonchev–Trinajstić information content (AvgIpc) is 3.27. The van der Waals surface area contributed by atoms with Gasteiger partial charge in [-0.15, -0.1) is 0 Å². The molecule has 2 bridgehead atoms. The number of likely N-dealkylation sites (N-methyl/N-ethyl adjacent to an activating group) is 1. The van der Waals surface area contributed by atoms with Crippen LogP contribution < -0.4 is 21.3 Å². The van der Waals surface area contributed by atoms with Crippen molar-refractivity contribution in [1.82, 2.24) is 31.1 Å². The quantitative estimate of drug-likeness (QED) is 0.204. The SMILES string of the molecule is CC(=O)c1ccc(-c2ccc(C[C@@H]3NC(=O)[C@]4(Cc5ccccc5)CCCN(C4)C(=O)/C=C/C(=O)NCC[C@@H](C(=O)N(C)C)NC(=O)Cc4ccccc4CNC3=O)cc2)cc1. The molecule has 322 valence electrons. The summed E-state index contributed by atoms with van der Waals surface area (Å²) < 4.78 is 0. The molecule has 0 radical (unpaired) electrons. The number of nitrogens with one attached hydrogen (secondary N) is 4. The van der Waals surface area contributed by atoms with E-state index in [0.29, 0.717) is 42.5 Å². The van der Waals surface area contributed by atoms with Gasteiger partial charge < -0.3 is 31.1 Å². The number of benzene rings is 4. The normalized spacial score (nSPS) is 21.1. The molecular weight excluding hydrogens is 785 g/mol. The number of hydrogen-bond donors (Lipinski definition) is 4. The van der Waals surface area contributed by atoms with Gasteiger partial charge in [-0.1, -0.05) is 103 Å². The molecule has 4 N–H and O–H groups in total. The van der Waals surface area contributed by atoms with Gasteiger partial charge in [-0.25, -0.2) is 0 Å². The van der Waals surface area contributed by atoms with Crippen LogP contribution in [0, 0.1) is 5.41 Å². The summed E-state index contributed by atoms with van der Waals surface area (Å²) in [5.41, 5.74) is 4.35. The first-order chi connectivity index (χ1) is 29.8. The summed E-state index contributed by atoms with van der Waals surface area (Å²) in [5.74, 6) is -2.58. The number of ketones is 1. The number of nitrogens with zero attached hydrogens (tertiary/aromatic N) is 2. The van der Waals surface area contributed by atoms with Gasteiger partial charge >= 0.3 is 0 Å². The van der Waals surface area contributed by atoms with Crippen LogP contribution in [0.2, 0.25) is 0 Å². The molecule has 3 atom stereocenters. The van der Waals surface area contributed by atoms with Gasteiger partial charge in [0.05, 0.1) is 11.8 Å². The van der Waals surface area contributed by atoms with Gasteiger partial charge in [0, 0.05) is 64.4 Å². The van der Waals surface area contributed by atoms with Crippen molar-refractivity contribution in [3.8, 4) is 11.1 Å². The molecule has 2 heterocycles. The molecule has 0 aromatic heterocycles. The van der Waals surface area contributed by atoms with Crippen molar-refractivity contribution in [3.05, 3.63) is 143 Å². The Labute approximate surface area is 362 Å². The van der Waals surface area contributed by atoms with Crippen molar-refractivity contribution in [2.45, 2.75) is 64.1 Å². The van der Waals surface area contributed by atoms with Crippen molar-refractivity contribution in [3.63, 3.8) is 0 Å². The first-order valence-electron chi connectivity index (χ1n) is 21.0. The lowest BCUT2D eigenvalue weighted by Gasteiger charge is -2.42. The summed E-state index contributed by atoms with van der Waals surface area (Å²) in [5, 5.41) is 11.6. The lowest BCUT2D eigenvalue weighted by atomic mass is 9.74. The fourth-order valence-corrected chi connectivity index (χ4v) is 8.05. The Morgan fingerprint density at radius 1 is 0.758 bits per heavy atom. The zero-order valence-corrected chi connectivity index (χ0v) is 35.4. The third-order valence-electron chi connectivity index (χ3n) is 11.5. The molecule has 0 spiro atoms. The average molecular weight is 839 g/mol. The third kappa shape index (κ3) is 11.7. The number of carbonyl (C=O) groups is 7. The van der Waals surface area contributed by atoms with Crippen molar-refractivity contribution in [1.29, 1.82) is 0 Å². The summed E-state index contributed by atoms with van der Waals surface area (Å²) in [4.78, 5) is 97.1. The van der Waals surface area contributed by atoms with E-state index in [1.54, 1.807) is 49.3 Å². The van der Waals surface area contributed by atoms with Gasteiger partial charge in [0.25, 0.3) is 0 Å². The number of Topliss-reactive ketones (excluding diaryl/α,β-unsaturated/α-hetero) is 1. The summed E-state index contributed by atoms with van der Waals surface area (Å²) in [6.45, 7) is 2.06. The van der Waals surface area contributed by atoms with E-state index in [-0.39, 0.29) is 56.5 Å². The molecule has 0 aliphatic carbocycles. The van der Waals surface area contributed by atoms with E-state index in [2.05, 4.69) is 21.3 Å². The fraction of sp³-hybridized carbons (Fsp3) is 0.327. The van der Waals surface area contributed by atoms with Crippen LogP contribution in [-0.4, -0.2) is 96.8 Å². The third-order valence-corrected chi connectivity index (χ3v) is 11.5. The predicted octanol–water partition coefficient (Wildman–Crippen LogP) is 3.94. The van der Waals surface area contributed by atoms with E-state index in [1.807, 2.05) is 72.8 Å². The molecule has 4 aromatic rings. The smallest absolute Gasteiger partial charge is 0.246 e. The lowest BCUT2D eigenvalue weighted by molar-refractivity contribution is -0.141. The summed E-state index contributed by atoms with van der Waals surface area (Å²) in [7, 11) is 3.16. The molecule has 62 heavy (non-hydrogen) atoms. The Hall–Kier alpha value is -6.89. The second kappa shape index (κ2) is 20.6. The highest BCUT2D eigenvalue weighted by atomic mass is 16.2. The van der Waals surface area contributed by atoms with Crippen LogP contribution in [0.5, 0.6) is 0 Å². The van der Waals surface area contributed by atoms with Crippen LogP contribution in [0.25, 0.3) is 11.1 Å². The molecular formula is C49H54N6O7. The Balaban J connectivity index is 1.33. The van der Waals surface area contributed by atoms with Crippen molar-refractivity contribution in [2.75, 3.05) is 33.7 Å². The molecule has 0 unspecified atom stereocenters. The van der Waals surface area contributed by atoms with E-state index in [1.165, 1.54) is 17.9 Å². The number of fused-ring (bicyclic) bond motifs is 3. The number of amides is 6. The Bertz CT molecular complexity index is 2310. The molecule has 6 rings (SSSR count). The van der Waals surface area contributed by atoms with Gasteiger partial charge in [0.15, 0.2) is 5.78 Å². The van der Waals surface area contributed by atoms with Crippen molar-refractivity contribution >= 4 is 41.2 Å². The minimum atomic E-state index is -1.11. The van der Waals surface area contributed by atoms with E-state index >= 15 is 0 Å². The van der Waals surface area contributed by atoms with E-state index < -0.39 is 41.1 Å². The highest BCUT2D eigenvalue weighted by Crippen LogP contribution is 2.35. The number of hydrogen-bond acceptors (Lipinski definition) is 7. The van der Waals surface area contributed by atoms with Crippen molar-refractivity contribution < 1.29 is 33.6 Å². The minimum Gasteiger partial charge on any atom is -0.352 e. The predicted molar refractivity (Wildman–Crippen MR) is 235 cm³/mol. The highest BCUT2D eigenvalue weighted by molar-refractivity contribution is 5.98. The van der Waals surface area contributed by atoms with Gasteiger partial charge in [0.1, 0.15) is 12.1 Å². The molecule has 0 saturated carbocycles. The molecule has 4 aromatic carbocycles. The molecule has 2 aliphatic heterocycles. The van der Waals surface area contributed by atoms with Gasteiger partial charge in [-0.3, -0.25) is 33.6 Å². The van der Waals surface area contributed by atoms with Crippen LogP contribution in [0.1, 0.15) is 58.8 Å². The molecule has 13 nitrogen and oxygen atoms in total. The maximum atomic E-state index is 14.9. The molecule has 2 aliphatic rings. The second-order valence-electron chi connectivity index (χ2n) is 16.3. The Morgan fingerprint density at radius 2 is 1.42 bits per heavy atom. The van der Waals surface area contributed by atoms with Gasteiger partial charge in [-0.2, -0.15) is 0 Å². The summed E-state index contributed by atoms with van der Waals surface area (Å²) in [6, 6.07) is 29.8.